The first kappa shape index (κ1) is 14.0. The zero-order chi connectivity index (χ0) is 13.7. The summed E-state index contributed by atoms with van der Waals surface area (Å²) in [6.45, 7) is 3.93. The molecule has 0 aliphatic heterocycles. The number of rotatable bonds is 6. The fourth-order valence-electron chi connectivity index (χ4n) is 1.84. The van der Waals surface area contributed by atoms with Crippen LogP contribution in [0.25, 0.3) is 0 Å². The molecule has 2 aromatic rings. The van der Waals surface area contributed by atoms with E-state index in [0.717, 1.165) is 30.3 Å². The van der Waals surface area contributed by atoms with Crippen LogP contribution in [0.4, 0.5) is 5.13 Å². The molecule has 2 rings (SSSR count). The third-order valence-corrected chi connectivity index (χ3v) is 4.30. The van der Waals surface area contributed by atoms with E-state index in [-0.39, 0.29) is 0 Å². The van der Waals surface area contributed by atoms with Gasteiger partial charge in [-0.2, -0.15) is 0 Å². The fraction of sp³-hybridized carbons (Fsp3) is 0.429. The number of hydrogen-bond acceptors (Lipinski definition) is 5. The molecule has 0 saturated heterocycles. The van der Waals surface area contributed by atoms with Gasteiger partial charge in [-0.1, -0.05) is 0 Å². The largest absolute Gasteiger partial charge is 0.351 e. The van der Waals surface area contributed by atoms with Crippen molar-refractivity contribution in [1.29, 1.82) is 0 Å². The summed E-state index contributed by atoms with van der Waals surface area (Å²) in [4.78, 5) is 12.2. The van der Waals surface area contributed by atoms with E-state index < -0.39 is 0 Å². The first-order valence-corrected chi connectivity index (χ1v) is 7.23. The molecule has 2 heterocycles. The van der Waals surface area contributed by atoms with Crippen LogP contribution in [0.15, 0.2) is 24.5 Å². The molecule has 0 radical (unpaired) electrons. The zero-order valence-electron chi connectivity index (χ0n) is 11.7. The minimum atomic E-state index is 0.891. The van der Waals surface area contributed by atoms with Crippen LogP contribution in [0.2, 0.25) is 0 Å². The minimum Gasteiger partial charge on any atom is -0.351 e. The van der Waals surface area contributed by atoms with Gasteiger partial charge in [0.15, 0.2) is 5.13 Å². The Balaban J connectivity index is 1.96. The summed E-state index contributed by atoms with van der Waals surface area (Å²) >= 11 is 1.77. The molecule has 0 spiro atoms. The maximum atomic E-state index is 4.63. The number of anilines is 1. The molecular formula is C14H20N4S. The Morgan fingerprint density at radius 1 is 1.32 bits per heavy atom. The second-order valence-corrected chi connectivity index (χ2v) is 5.62. The van der Waals surface area contributed by atoms with E-state index >= 15 is 0 Å². The van der Waals surface area contributed by atoms with E-state index in [1.165, 1.54) is 10.4 Å². The topological polar surface area (TPSA) is 41.0 Å². The number of nitrogens with zero attached hydrogens (tertiary/aromatic N) is 3. The molecule has 0 amide bonds. The Labute approximate surface area is 118 Å². The number of nitrogens with one attached hydrogen (secondary N) is 1. The lowest BCUT2D eigenvalue weighted by atomic mass is 10.2. The van der Waals surface area contributed by atoms with Crippen LogP contribution in [0.3, 0.4) is 0 Å². The maximum Gasteiger partial charge on any atom is 0.185 e. The number of thiazole rings is 1. The van der Waals surface area contributed by atoms with Crippen molar-refractivity contribution in [2.24, 2.45) is 0 Å². The molecular weight excluding hydrogens is 256 g/mol. The summed E-state index contributed by atoms with van der Waals surface area (Å²) in [5, 5.41) is 4.27. The summed E-state index contributed by atoms with van der Waals surface area (Å²) in [6.07, 6.45) is 4.70. The molecule has 0 aliphatic rings. The highest BCUT2D eigenvalue weighted by Gasteiger charge is 2.10. The molecule has 1 N–H and O–H groups in total. The molecule has 5 heteroatoms. The highest BCUT2D eigenvalue weighted by atomic mass is 32.1. The van der Waals surface area contributed by atoms with Crippen LogP contribution in [-0.2, 0) is 13.0 Å². The van der Waals surface area contributed by atoms with Gasteiger partial charge in [-0.05, 0) is 38.1 Å². The predicted molar refractivity (Wildman–Crippen MR) is 80.8 cm³/mol. The molecule has 0 saturated carbocycles. The number of pyridine rings is 1. The van der Waals surface area contributed by atoms with Crippen LogP contribution in [0.5, 0.6) is 0 Å². The Morgan fingerprint density at radius 3 is 2.74 bits per heavy atom. The molecule has 102 valence electrons. The van der Waals surface area contributed by atoms with Gasteiger partial charge in [-0.3, -0.25) is 4.98 Å². The third-order valence-electron chi connectivity index (χ3n) is 3.03. The smallest absolute Gasteiger partial charge is 0.185 e. The van der Waals surface area contributed by atoms with Crippen molar-refractivity contribution in [2.45, 2.75) is 19.9 Å². The minimum absolute atomic E-state index is 0.891. The third kappa shape index (κ3) is 3.75. The average Bonchev–Trinajstić information content (AvgIpc) is 2.79. The van der Waals surface area contributed by atoms with Crippen molar-refractivity contribution in [3.8, 4) is 0 Å². The summed E-state index contributed by atoms with van der Waals surface area (Å²) < 4.78 is 0. The van der Waals surface area contributed by atoms with E-state index in [1.807, 2.05) is 19.4 Å². The second kappa shape index (κ2) is 6.63. The summed E-state index contributed by atoms with van der Waals surface area (Å²) in [5.41, 5.74) is 2.44. The van der Waals surface area contributed by atoms with Gasteiger partial charge in [0.2, 0.25) is 0 Å². The molecule has 0 fully saturated rings. The lowest BCUT2D eigenvalue weighted by Gasteiger charge is -2.15. The van der Waals surface area contributed by atoms with Crippen LogP contribution in [-0.4, -0.2) is 30.6 Å². The lowest BCUT2D eigenvalue weighted by molar-refractivity contribution is 0.822. The van der Waals surface area contributed by atoms with Gasteiger partial charge in [0.25, 0.3) is 0 Å². The standard InChI is InChI=1S/C14H20N4S/c1-11-13(10-15-2)19-14(17-11)18(3)9-6-12-4-7-16-8-5-12/h4-5,7-8,15H,6,9-10H2,1-3H3. The average molecular weight is 276 g/mol. The number of aromatic nitrogens is 2. The van der Waals surface area contributed by atoms with E-state index in [2.05, 4.69) is 46.3 Å². The Kier molecular flexibility index (Phi) is 4.87. The van der Waals surface area contributed by atoms with Gasteiger partial charge < -0.3 is 10.2 Å². The maximum absolute atomic E-state index is 4.63. The number of aryl methyl sites for hydroxylation is 1. The van der Waals surface area contributed by atoms with Crippen LogP contribution >= 0.6 is 11.3 Å². The Bertz CT molecular complexity index is 509. The normalized spacial score (nSPS) is 10.7. The molecule has 2 aromatic heterocycles. The van der Waals surface area contributed by atoms with E-state index in [1.54, 1.807) is 11.3 Å². The van der Waals surface area contributed by atoms with Gasteiger partial charge >= 0.3 is 0 Å². The molecule has 0 aromatic carbocycles. The van der Waals surface area contributed by atoms with Crippen molar-refractivity contribution in [3.63, 3.8) is 0 Å². The summed E-state index contributed by atoms with van der Waals surface area (Å²) in [6, 6.07) is 4.13. The van der Waals surface area contributed by atoms with Crippen LogP contribution < -0.4 is 10.2 Å². The highest BCUT2D eigenvalue weighted by Crippen LogP contribution is 2.25. The van der Waals surface area contributed by atoms with Gasteiger partial charge in [0.1, 0.15) is 0 Å². The fourth-order valence-corrected chi connectivity index (χ4v) is 2.90. The zero-order valence-corrected chi connectivity index (χ0v) is 12.5. The van der Waals surface area contributed by atoms with Gasteiger partial charge in [0, 0.05) is 37.4 Å². The molecule has 4 nitrogen and oxygen atoms in total. The van der Waals surface area contributed by atoms with E-state index in [9.17, 15) is 0 Å². The number of likely N-dealkylation sites (N-methyl/N-ethyl adjacent to an activating group) is 1. The lowest BCUT2D eigenvalue weighted by Crippen LogP contribution is -2.20. The van der Waals surface area contributed by atoms with Gasteiger partial charge in [0.05, 0.1) is 5.69 Å². The number of hydrogen-bond donors (Lipinski definition) is 1. The van der Waals surface area contributed by atoms with Crippen molar-refractivity contribution in [1.82, 2.24) is 15.3 Å². The SMILES string of the molecule is CNCc1sc(N(C)CCc2ccncc2)nc1C. The predicted octanol–water partition coefficient (Wildman–Crippen LogP) is 2.24. The quantitative estimate of drug-likeness (QED) is 0.878. The van der Waals surface area contributed by atoms with Gasteiger partial charge in [-0.25, -0.2) is 4.98 Å². The highest BCUT2D eigenvalue weighted by molar-refractivity contribution is 7.15. The molecule has 0 aliphatic carbocycles. The monoisotopic (exact) mass is 276 g/mol. The molecule has 19 heavy (non-hydrogen) atoms. The summed E-state index contributed by atoms with van der Waals surface area (Å²) in [7, 11) is 4.06. The van der Waals surface area contributed by atoms with Crippen molar-refractivity contribution in [2.75, 3.05) is 25.5 Å². The molecule has 0 bridgehead atoms. The molecule has 0 unspecified atom stereocenters. The van der Waals surface area contributed by atoms with E-state index in [4.69, 9.17) is 0 Å². The summed E-state index contributed by atoms with van der Waals surface area (Å²) in [5.74, 6) is 0. The van der Waals surface area contributed by atoms with Crippen molar-refractivity contribution >= 4 is 16.5 Å². The molecule has 0 atom stereocenters. The van der Waals surface area contributed by atoms with Crippen molar-refractivity contribution in [3.05, 3.63) is 40.7 Å². The van der Waals surface area contributed by atoms with Crippen LogP contribution in [0, 0.1) is 6.92 Å². The first-order valence-electron chi connectivity index (χ1n) is 6.41. The second-order valence-electron chi connectivity index (χ2n) is 4.56. The van der Waals surface area contributed by atoms with E-state index in [0.29, 0.717) is 0 Å². The first-order chi connectivity index (χ1) is 9.20. The Hall–Kier alpha value is -1.46. The van der Waals surface area contributed by atoms with Gasteiger partial charge in [-0.15, -0.1) is 11.3 Å². The van der Waals surface area contributed by atoms with Crippen molar-refractivity contribution < 1.29 is 0 Å². The Morgan fingerprint density at radius 2 is 2.05 bits per heavy atom. The van der Waals surface area contributed by atoms with Crippen LogP contribution in [0.1, 0.15) is 16.1 Å².